The number of carbonyl (C=O) groups is 1. The van der Waals surface area contributed by atoms with E-state index in [1.165, 1.54) is 12.1 Å². The third-order valence-electron chi connectivity index (χ3n) is 3.92. The number of nitrogens with zero attached hydrogens (tertiary/aromatic N) is 1. The molecule has 2 rings (SSSR count). The number of hydrogen-bond donors (Lipinski definition) is 1. The number of nitro groups is 1. The molecule has 0 radical (unpaired) electrons. The van der Waals surface area contributed by atoms with E-state index < -0.39 is 4.92 Å². The Hall–Kier alpha value is -2.66. The van der Waals surface area contributed by atoms with E-state index in [4.69, 9.17) is 11.6 Å². The van der Waals surface area contributed by atoms with Gasteiger partial charge in [-0.3, -0.25) is 14.9 Å². The van der Waals surface area contributed by atoms with E-state index in [1.54, 1.807) is 39.0 Å². The van der Waals surface area contributed by atoms with Crippen LogP contribution in [0.15, 0.2) is 43.0 Å². The van der Waals surface area contributed by atoms with E-state index in [0.717, 1.165) is 0 Å². The smallest absolute Gasteiger partial charge is 0.273 e. The highest BCUT2D eigenvalue weighted by molar-refractivity contribution is 6.32. The van der Waals surface area contributed by atoms with Crippen LogP contribution in [0.5, 0.6) is 0 Å². The number of nitrogens with one attached hydrogen (secondary N) is 1. The first-order valence-electron chi connectivity index (χ1n) is 7.77. The van der Waals surface area contributed by atoms with E-state index in [-0.39, 0.29) is 17.5 Å². The summed E-state index contributed by atoms with van der Waals surface area (Å²) in [6.07, 6.45) is 0. The average Bonchev–Trinajstić information content (AvgIpc) is 2.54. The Bertz CT molecular complexity index is 860. The van der Waals surface area contributed by atoms with Crippen LogP contribution in [0, 0.1) is 23.0 Å². The molecule has 130 valence electrons. The fraction of sp³-hybridized carbons (Fsp3) is 0.211. The van der Waals surface area contributed by atoms with Crippen molar-refractivity contribution in [3.63, 3.8) is 0 Å². The lowest BCUT2D eigenvalue weighted by molar-refractivity contribution is -0.385. The van der Waals surface area contributed by atoms with Crippen molar-refractivity contribution in [2.75, 3.05) is 5.32 Å². The molecule has 0 aliphatic carbocycles. The lowest BCUT2D eigenvalue weighted by Crippen LogP contribution is -2.19. The summed E-state index contributed by atoms with van der Waals surface area (Å²) in [4.78, 5) is 23.0. The minimum absolute atomic E-state index is 0.0363. The summed E-state index contributed by atoms with van der Waals surface area (Å²) in [5.41, 5.74) is 2.56. The fourth-order valence-electron chi connectivity index (χ4n) is 2.51. The van der Waals surface area contributed by atoms with Crippen LogP contribution in [0.1, 0.15) is 30.5 Å². The maximum absolute atomic E-state index is 12.1. The van der Waals surface area contributed by atoms with Crippen LogP contribution in [-0.2, 0) is 4.79 Å². The van der Waals surface area contributed by atoms with Crippen molar-refractivity contribution in [1.82, 2.24) is 0 Å². The first kappa shape index (κ1) is 18.7. The molecule has 0 aliphatic rings. The van der Waals surface area contributed by atoms with Crippen molar-refractivity contribution in [3.05, 3.63) is 74.8 Å². The Morgan fingerprint density at radius 1 is 1.24 bits per heavy atom. The monoisotopic (exact) mass is 358 g/mol. The van der Waals surface area contributed by atoms with Gasteiger partial charge in [-0.25, -0.2) is 0 Å². The number of halogens is 1. The van der Waals surface area contributed by atoms with Crippen LogP contribution in [0.25, 0.3) is 5.57 Å². The normalized spacial score (nSPS) is 10.6. The van der Waals surface area contributed by atoms with Gasteiger partial charge in [0.1, 0.15) is 0 Å². The number of benzene rings is 2. The molecule has 5 nitrogen and oxygen atoms in total. The molecular weight excluding hydrogens is 340 g/mol. The zero-order valence-corrected chi connectivity index (χ0v) is 15.1. The van der Waals surface area contributed by atoms with E-state index in [0.29, 0.717) is 33.0 Å². The fourth-order valence-corrected chi connectivity index (χ4v) is 2.76. The van der Waals surface area contributed by atoms with Gasteiger partial charge in [0.15, 0.2) is 0 Å². The van der Waals surface area contributed by atoms with Gasteiger partial charge in [-0.2, -0.15) is 0 Å². The molecule has 0 aliphatic heterocycles. The summed E-state index contributed by atoms with van der Waals surface area (Å²) in [5, 5.41) is 14.6. The molecule has 0 unspecified atom stereocenters. The molecule has 0 aromatic heterocycles. The Balaban J connectivity index is 2.65. The van der Waals surface area contributed by atoms with Crippen molar-refractivity contribution < 1.29 is 9.72 Å². The van der Waals surface area contributed by atoms with Gasteiger partial charge in [0.05, 0.1) is 4.92 Å². The summed E-state index contributed by atoms with van der Waals surface area (Å²) in [5.74, 6) is -0.404. The quantitative estimate of drug-likeness (QED) is 0.588. The molecule has 0 saturated heterocycles. The van der Waals surface area contributed by atoms with Gasteiger partial charge in [-0.1, -0.05) is 50.2 Å². The van der Waals surface area contributed by atoms with Crippen LogP contribution in [0.3, 0.4) is 0 Å². The number of hydrogen-bond acceptors (Lipinski definition) is 3. The molecule has 1 N–H and O–H groups in total. The van der Waals surface area contributed by atoms with Crippen LogP contribution in [-0.4, -0.2) is 10.8 Å². The summed E-state index contributed by atoms with van der Waals surface area (Å²) >= 11 is 6.25. The zero-order valence-electron chi connectivity index (χ0n) is 14.3. The van der Waals surface area contributed by atoms with Crippen LogP contribution >= 0.6 is 11.6 Å². The van der Waals surface area contributed by atoms with E-state index in [9.17, 15) is 14.9 Å². The van der Waals surface area contributed by atoms with Crippen molar-refractivity contribution in [1.29, 1.82) is 0 Å². The average molecular weight is 359 g/mol. The van der Waals surface area contributed by atoms with Crippen molar-refractivity contribution >= 4 is 34.5 Å². The van der Waals surface area contributed by atoms with Crippen molar-refractivity contribution in [2.45, 2.75) is 20.8 Å². The van der Waals surface area contributed by atoms with Gasteiger partial charge in [0.2, 0.25) is 5.91 Å². The van der Waals surface area contributed by atoms with Crippen molar-refractivity contribution in [3.8, 4) is 0 Å². The Kier molecular flexibility index (Phi) is 5.59. The summed E-state index contributed by atoms with van der Waals surface area (Å²) in [6.45, 7) is 9.26. The largest absolute Gasteiger partial charge is 0.325 e. The SMILES string of the molecule is C=C(c1ccccc1Cl)c1c(NC(=O)C(C)C)ccc([N+](=O)[O-])c1C. The lowest BCUT2D eigenvalue weighted by Gasteiger charge is -2.18. The molecule has 6 heteroatoms. The van der Waals surface area contributed by atoms with Crippen LogP contribution in [0.2, 0.25) is 5.02 Å². The van der Waals surface area contributed by atoms with Gasteiger partial charge in [0, 0.05) is 39.4 Å². The zero-order chi connectivity index (χ0) is 18.7. The van der Waals surface area contributed by atoms with Gasteiger partial charge in [-0.05, 0) is 24.6 Å². The third-order valence-corrected chi connectivity index (χ3v) is 4.25. The van der Waals surface area contributed by atoms with Gasteiger partial charge < -0.3 is 5.32 Å². The topological polar surface area (TPSA) is 72.2 Å². The van der Waals surface area contributed by atoms with Gasteiger partial charge in [-0.15, -0.1) is 0 Å². The molecule has 0 spiro atoms. The first-order chi connectivity index (χ1) is 11.7. The molecule has 0 bridgehead atoms. The highest BCUT2D eigenvalue weighted by Gasteiger charge is 2.22. The molecule has 0 heterocycles. The minimum Gasteiger partial charge on any atom is -0.325 e. The Labute approximate surface area is 151 Å². The second kappa shape index (κ2) is 7.49. The maximum atomic E-state index is 12.1. The molecule has 25 heavy (non-hydrogen) atoms. The molecule has 2 aromatic rings. The summed E-state index contributed by atoms with van der Waals surface area (Å²) in [7, 11) is 0. The Morgan fingerprint density at radius 3 is 2.44 bits per heavy atom. The summed E-state index contributed by atoms with van der Waals surface area (Å²) < 4.78 is 0. The predicted molar refractivity (Wildman–Crippen MR) is 101 cm³/mol. The van der Waals surface area contributed by atoms with Gasteiger partial charge >= 0.3 is 0 Å². The number of anilines is 1. The van der Waals surface area contributed by atoms with Crippen LogP contribution in [0.4, 0.5) is 11.4 Å². The predicted octanol–water partition coefficient (Wildman–Crippen LogP) is 5.21. The minimum atomic E-state index is -0.452. The van der Waals surface area contributed by atoms with E-state index in [2.05, 4.69) is 11.9 Å². The molecule has 2 aromatic carbocycles. The lowest BCUT2D eigenvalue weighted by atomic mass is 9.92. The van der Waals surface area contributed by atoms with E-state index in [1.807, 2.05) is 6.07 Å². The molecular formula is C19H19ClN2O3. The van der Waals surface area contributed by atoms with Crippen molar-refractivity contribution in [2.24, 2.45) is 5.92 Å². The standard InChI is InChI=1S/C19H19ClN2O3/c1-11(2)19(23)21-16-9-10-17(22(24)25)13(4)18(16)12(3)14-7-5-6-8-15(14)20/h5-11H,3H2,1-2,4H3,(H,21,23). The number of carbonyl (C=O) groups excluding carboxylic acids is 1. The summed E-state index contributed by atoms with van der Waals surface area (Å²) in [6, 6.07) is 10.0. The van der Waals surface area contributed by atoms with E-state index >= 15 is 0 Å². The second-order valence-corrected chi connectivity index (χ2v) is 6.40. The highest BCUT2D eigenvalue weighted by Crippen LogP contribution is 2.38. The second-order valence-electron chi connectivity index (χ2n) is 5.99. The first-order valence-corrected chi connectivity index (χ1v) is 8.14. The highest BCUT2D eigenvalue weighted by atomic mass is 35.5. The number of rotatable bonds is 5. The molecule has 0 fully saturated rings. The molecule has 0 saturated carbocycles. The number of nitro benzene ring substituents is 1. The van der Waals surface area contributed by atoms with Gasteiger partial charge in [0.25, 0.3) is 5.69 Å². The molecule has 1 amide bonds. The number of amides is 1. The third kappa shape index (κ3) is 3.88. The maximum Gasteiger partial charge on any atom is 0.273 e. The van der Waals surface area contributed by atoms with Crippen LogP contribution < -0.4 is 5.32 Å². The molecule has 0 atom stereocenters. The Morgan fingerprint density at radius 2 is 1.88 bits per heavy atom.